The lowest BCUT2D eigenvalue weighted by Gasteiger charge is -2.12. The van der Waals surface area contributed by atoms with Gasteiger partial charge in [0.15, 0.2) is 0 Å². The second-order valence-corrected chi connectivity index (χ2v) is 4.50. The van der Waals surface area contributed by atoms with Gasteiger partial charge in [-0.25, -0.2) is 9.97 Å². The lowest BCUT2D eigenvalue weighted by Crippen LogP contribution is -2.22. The first kappa shape index (κ1) is 10.6. The predicted octanol–water partition coefficient (Wildman–Crippen LogP) is 1.00. The maximum atomic E-state index is 9.66. The van der Waals surface area contributed by atoms with Gasteiger partial charge >= 0.3 is 0 Å². The number of anilines is 2. The highest BCUT2D eigenvalue weighted by atomic mass is 79.9. The van der Waals surface area contributed by atoms with E-state index in [0.717, 1.165) is 12.8 Å². The van der Waals surface area contributed by atoms with Gasteiger partial charge in [0.05, 0.1) is 6.10 Å². The summed E-state index contributed by atoms with van der Waals surface area (Å²) in [6.45, 7) is 0.500. The highest BCUT2D eigenvalue weighted by Gasteiger charge is 2.29. The Labute approximate surface area is 96.2 Å². The van der Waals surface area contributed by atoms with E-state index in [-0.39, 0.29) is 6.10 Å². The Hall–Kier alpha value is -0.880. The molecule has 0 spiro atoms. The fourth-order valence-corrected chi connectivity index (χ4v) is 1.70. The van der Waals surface area contributed by atoms with Gasteiger partial charge in [-0.1, -0.05) is 0 Å². The summed E-state index contributed by atoms with van der Waals surface area (Å²) in [6, 6.07) is 0. The first-order valence-corrected chi connectivity index (χ1v) is 5.65. The Bertz CT molecular complexity index is 356. The molecule has 1 fully saturated rings. The molecule has 5 nitrogen and oxygen atoms in total. The van der Waals surface area contributed by atoms with Gasteiger partial charge in [-0.2, -0.15) is 0 Å². The topological polar surface area (TPSA) is 84.1 Å². The molecule has 0 radical (unpaired) electrons. The quantitative estimate of drug-likeness (QED) is 0.762. The van der Waals surface area contributed by atoms with Gasteiger partial charge in [0, 0.05) is 6.54 Å². The molecule has 1 atom stereocenters. The van der Waals surface area contributed by atoms with Crippen LogP contribution in [-0.2, 0) is 0 Å². The van der Waals surface area contributed by atoms with E-state index in [9.17, 15) is 5.11 Å². The van der Waals surface area contributed by atoms with E-state index in [1.54, 1.807) is 0 Å². The second kappa shape index (κ2) is 4.32. The van der Waals surface area contributed by atoms with Crippen LogP contribution in [0.2, 0.25) is 0 Å². The van der Waals surface area contributed by atoms with E-state index in [4.69, 9.17) is 5.73 Å². The molecule has 1 aromatic rings. The Morgan fingerprint density at radius 1 is 1.60 bits per heavy atom. The van der Waals surface area contributed by atoms with E-state index in [2.05, 4.69) is 31.2 Å². The molecule has 1 aliphatic carbocycles. The summed E-state index contributed by atoms with van der Waals surface area (Å²) in [5.41, 5.74) is 5.60. The third kappa shape index (κ3) is 2.57. The number of rotatable bonds is 4. The maximum Gasteiger partial charge on any atom is 0.146 e. The van der Waals surface area contributed by atoms with E-state index in [1.165, 1.54) is 6.33 Å². The first-order valence-electron chi connectivity index (χ1n) is 4.86. The van der Waals surface area contributed by atoms with Crippen molar-refractivity contribution in [1.82, 2.24) is 9.97 Å². The monoisotopic (exact) mass is 272 g/mol. The van der Waals surface area contributed by atoms with Crippen molar-refractivity contribution in [3.05, 3.63) is 10.8 Å². The van der Waals surface area contributed by atoms with E-state index in [0.29, 0.717) is 28.6 Å². The Morgan fingerprint density at radius 2 is 2.33 bits per heavy atom. The van der Waals surface area contributed by atoms with Crippen molar-refractivity contribution in [1.29, 1.82) is 0 Å². The summed E-state index contributed by atoms with van der Waals surface area (Å²) in [7, 11) is 0. The molecule has 4 N–H and O–H groups in total. The van der Waals surface area contributed by atoms with Crippen LogP contribution in [0, 0.1) is 5.92 Å². The van der Waals surface area contributed by atoms with E-state index >= 15 is 0 Å². The van der Waals surface area contributed by atoms with Gasteiger partial charge in [-0.15, -0.1) is 0 Å². The van der Waals surface area contributed by atoms with E-state index in [1.807, 2.05) is 0 Å². The van der Waals surface area contributed by atoms with Crippen LogP contribution < -0.4 is 11.1 Å². The molecule has 1 heterocycles. The van der Waals surface area contributed by atoms with Gasteiger partial charge in [0.2, 0.25) is 0 Å². The van der Waals surface area contributed by atoms with Crippen molar-refractivity contribution in [2.45, 2.75) is 18.9 Å². The van der Waals surface area contributed by atoms with Crippen molar-refractivity contribution in [2.75, 3.05) is 17.6 Å². The number of aliphatic hydroxyl groups excluding tert-OH is 1. The van der Waals surface area contributed by atoms with Gasteiger partial charge in [0.25, 0.3) is 0 Å². The molecule has 2 rings (SSSR count). The smallest absolute Gasteiger partial charge is 0.146 e. The van der Waals surface area contributed by atoms with E-state index < -0.39 is 0 Å². The van der Waals surface area contributed by atoms with Crippen LogP contribution in [0.15, 0.2) is 10.8 Å². The number of halogens is 1. The summed E-state index contributed by atoms with van der Waals surface area (Å²) in [5, 5.41) is 12.7. The van der Waals surface area contributed by atoms with Gasteiger partial charge in [-0.3, -0.25) is 0 Å². The fraction of sp³-hybridized carbons (Fsp3) is 0.556. The molecule has 1 saturated carbocycles. The predicted molar refractivity (Wildman–Crippen MR) is 61.4 cm³/mol. The normalized spacial score (nSPS) is 17.5. The minimum atomic E-state index is -0.298. The van der Waals surface area contributed by atoms with Crippen molar-refractivity contribution >= 4 is 27.6 Å². The van der Waals surface area contributed by atoms with Gasteiger partial charge < -0.3 is 16.2 Å². The van der Waals surface area contributed by atoms with Crippen molar-refractivity contribution in [3.8, 4) is 0 Å². The average Bonchev–Trinajstić information content (AvgIpc) is 3.03. The van der Waals surface area contributed by atoms with Crippen molar-refractivity contribution in [2.24, 2.45) is 5.92 Å². The molecule has 1 aliphatic rings. The maximum absolute atomic E-state index is 9.66. The minimum absolute atomic E-state index is 0.298. The number of nitrogen functional groups attached to an aromatic ring is 1. The van der Waals surface area contributed by atoms with Crippen LogP contribution in [0.5, 0.6) is 0 Å². The molecular weight excluding hydrogens is 260 g/mol. The molecule has 6 heteroatoms. The van der Waals surface area contributed by atoms with Crippen LogP contribution in [0.1, 0.15) is 12.8 Å². The van der Waals surface area contributed by atoms with Crippen molar-refractivity contribution in [3.63, 3.8) is 0 Å². The number of nitrogens with zero attached hydrogens (tertiary/aromatic N) is 2. The Balaban J connectivity index is 1.95. The summed E-state index contributed by atoms with van der Waals surface area (Å²) >= 11 is 3.29. The van der Waals surface area contributed by atoms with Gasteiger partial charge in [0.1, 0.15) is 22.4 Å². The van der Waals surface area contributed by atoms with Crippen LogP contribution in [0.25, 0.3) is 0 Å². The molecule has 1 aromatic heterocycles. The Kier molecular flexibility index (Phi) is 3.06. The zero-order valence-corrected chi connectivity index (χ0v) is 9.74. The summed E-state index contributed by atoms with van der Waals surface area (Å²) in [5.74, 6) is 1.48. The largest absolute Gasteiger partial charge is 0.391 e. The summed E-state index contributed by atoms with van der Waals surface area (Å²) in [4.78, 5) is 7.86. The number of aromatic nitrogens is 2. The molecule has 0 aromatic carbocycles. The van der Waals surface area contributed by atoms with Crippen molar-refractivity contribution < 1.29 is 5.11 Å². The number of hydrogen-bond acceptors (Lipinski definition) is 5. The molecule has 0 saturated heterocycles. The Morgan fingerprint density at radius 3 is 3.00 bits per heavy atom. The lowest BCUT2D eigenvalue weighted by atomic mass is 10.2. The fourth-order valence-electron chi connectivity index (χ4n) is 1.36. The number of aliphatic hydroxyl groups is 1. The molecule has 1 unspecified atom stereocenters. The van der Waals surface area contributed by atoms with Crippen LogP contribution >= 0.6 is 15.9 Å². The third-order valence-corrected chi connectivity index (χ3v) is 3.24. The molecule has 15 heavy (non-hydrogen) atoms. The lowest BCUT2D eigenvalue weighted by molar-refractivity contribution is 0.164. The standard InChI is InChI=1S/C9H13BrN4O/c10-7-8(11)13-4-14-9(7)12-3-6(15)5-1-2-5/h4-6,15H,1-3H2,(H3,11,12,13,14). The van der Waals surface area contributed by atoms with Crippen LogP contribution in [-0.4, -0.2) is 27.7 Å². The third-order valence-electron chi connectivity index (χ3n) is 2.46. The molecule has 82 valence electrons. The van der Waals surface area contributed by atoms with Crippen LogP contribution in [0.4, 0.5) is 11.6 Å². The summed E-state index contributed by atoms with van der Waals surface area (Å²) in [6.07, 6.45) is 3.34. The molecule has 0 amide bonds. The second-order valence-electron chi connectivity index (χ2n) is 3.71. The molecular formula is C9H13BrN4O. The molecule has 0 aliphatic heterocycles. The first-order chi connectivity index (χ1) is 7.18. The minimum Gasteiger partial charge on any atom is -0.391 e. The molecule has 0 bridgehead atoms. The van der Waals surface area contributed by atoms with Gasteiger partial charge in [-0.05, 0) is 34.7 Å². The number of hydrogen-bond donors (Lipinski definition) is 3. The number of nitrogens with one attached hydrogen (secondary N) is 1. The average molecular weight is 273 g/mol. The summed E-state index contributed by atoms with van der Waals surface area (Å²) < 4.78 is 0.646. The highest BCUT2D eigenvalue weighted by Crippen LogP contribution is 2.33. The highest BCUT2D eigenvalue weighted by molar-refractivity contribution is 9.10. The number of nitrogens with two attached hydrogens (primary N) is 1. The zero-order chi connectivity index (χ0) is 10.8. The van der Waals surface area contributed by atoms with Crippen LogP contribution in [0.3, 0.4) is 0 Å². The SMILES string of the molecule is Nc1ncnc(NCC(O)C2CC2)c1Br. The zero-order valence-electron chi connectivity index (χ0n) is 8.15.